The zero-order valence-corrected chi connectivity index (χ0v) is 14.1. The van der Waals surface area contributed by atoms with Gasteiger partial charge in [0.2, 0.25) is 0 Å². The lowest BCUT2D eigenvalue weighted by Crippen LogP contribution is -2.36. The predicted molar refractivity (Wildman–Crippen MR) is 93.0 cm³/mol. The van der Waals surface area contributed by atoms with Gasteiger partial charge in [-0.1, -0.05) is 31.3 Å². The van der Waals surface area contributed by atoms with Gasteiger partial charge in [-0.3, -0.25) is 4.79 Å². The summed E-state index contributed by atoms with van der Waals surface area (Å²) in [5.74, 6) is 2.54. The average molecular weight is 326 g/mol. The predicted octanol–water partition coefficient (Wildman–Crippen LogP) is 2.35. The van der Waals surface area contributed by atoms with Gasteiger partial charge in [0.25, 0.3) is 5.91 Å². The number of ether oxygens (including phenoxy) is 1. The highest BCUT2D eigenvalue weighted by Crippen LogP contribution is 2.17. The Kier molecular flexibility index (Phi) is 8.15. The van der Waals surface area contributed by atoms with Gasteiger partial charge < -0.3 is 15.8 Å². The molecule has 0 saturated carbocycles. The second kappa shape index (κ2) is 9.63. The second-order valence-corrected chi connectivity index (χ2v) is 6.44. The molecule has 0 aliphatic carbocycles. The summed E-state index contributed by atoms with van der Waals surface area (Å²) in [6.07, 6.45) is 0.952. The zero-order valence-electron chi connectivity index (χ0n) is 12.4. The van der Waals surface area contributed by atoms with Crippen molar-refractivity contribution in [3.63, 3.8) is 0 Å². The first-order valence-electron chi connectivity index (χ1n) is 6.93. The number of amides is 1. The first-order chi connectivity index (χ1) is 10.0. The van der Waals surface area contributed by atoms with E-state index in [0.29, 0.717) is 11.3 Å². The molecule has 0 fully saturated rings. The van der Waals surface area contributed by atoms with E-state index in [2.05, 4.69) is 12.2 Å². The molecule has 0 aliphatic heterocycles. The average Bonchev–Trinajstić information content (AvgIpc) is 2.45. The van der Waals surface area contributed by atoms with Crippen LogP contribution in [0.4, 0.5) is 0 Å². The lowest BCUT2D eigenvalue weighted by atomic mass is 10.2. The molecule has 0 spiro atoms. The van der Waals surface area contributed by atoms with Crippen LogP contribution < -0.4 is 15.8 Å². The Hall–Kier alpha value is -1.27. The minimum atomic E-state index is -0.137. The third-order valence-corrected chi connectivity index (χ3v) is 3.97. The largest absolute Gasteiger partial charge is 0.483 e. The summed E-state index contributed by atoms with van der Waals surface area (Å²) in [4.78, 5) is 12.1. The normalized spacial score (nSPS) is 11.7. The molecule has 0 aromatic heterocycles. The van der Waals surface area contributed by atoms with Gasteiger partial charge in [0.05, 0.1) is 5.56 Å². The summed E-state index contributed by atoms with van der Waals surface area (Å²) in [6, 6.07) is 7.32. The number of hydrogen-bond donors (Lipinski definition) is 2. The van der Waals surface area contributed by atoms with Gasteiger partial charge in [-0.05, 0) is 37.0 Å². The summed E-state index contributed by atoms with van der Waals surface area (Å²) < 4.78 is 5.50. The lowest BCUT2D eigenvalue weighted by molar-refractivity contribution is -0.123. The van der Waals surface area contributed by atoms with Crippen molar-refractivity contribution in [3.05, 3.63) is 29.8 Å². The Labute approximate surface area is 135 Å². The van der Waals surface area contributed by atoms with Gasteiger partial charge in [0, 0.05) is 6.04 Å². The number of nitrogens with one attached hydrogen (secondary N) is 1. The third-order valence-electron chi connectivity index (χ3n) is 2.82. The van der Waals surface area contributed by atoms with Crippen molar-refractivity contribution in [2.75, 3.05) is 18.1 Å². The van der Waals surface area contributed by atoms with Crippen molar-refractivity contribution in [1.29, 1.82) is 0 Å². The van der Waals surface area contributed by atoms with Crippen molar-refractivity contribution in [2.45, 2.75) is 26.3 Å². The summed E-state index contributed by atoms with van der Waals surface area (Å²) in [5.41, 5.74) is 6.26. The molecule has 1 amide bonds. The molecule has 4 nitrogen and oxygen atoms in total. The molecular formula is C15H22N2O2S2. The third kappa shape index (κ3) is 6.82. The molecule has 0 bridgehead atoms. The summed E-state index contributed by atoms with van der Waals surface area (Å²) in [6.45, 7) is 4.09. The van der Waals surface area contributed by atoms with E-state index >= 15 is 0 Å². The summed E-state index contributed by atoms with van der Waals surface area (Å²) in [5, 5.41) is 2.92. The van der Waals surface area contributed by atoms with Gasteiger partial charge in [-0.25, -0.2) is 0 Å². The number of thioether (sulfide) groups is 1. The van der Waals surface area contributed by atoms with E-state index in [0.717, 1.165) is 17.9 Å². The van der Waals surface area contributed by atoms with E-state index in [-0.39, 0.29) is 23.5 Å². The van der Waals surface area contributed by atoms with E-state index < -0.39 is 0 Å². The van der Waals surface area contributed by atoms with Crippen molar-refractivity contribution < 1.29 is 9.53 Å². The molecule has 1 aromatic rings. The van der Waals surface area contributed by atoms with E-state index in [4.69, 9.17) is 22.7 Å². The lowest BCUT2D eigenvalue weighted by Gasteiger charge is -2.15. The number of rotatable bonds is 9. The minimum absolute atomic E-state index is 0.0368. The molecule has 0 saturated heterocycles. The highest BCUT2D eigenvalue weighted by atomic mass is 32.2. The van der Waals surface area contributed by atoms with Crippen LogP contribution in [-0.2, 0) is 4.79 Å². The maximum atomic E-state index is 11.8. The maximum Gasteiger partial charge on any atom is 0.258 e. The number of thiocarbonyl (C=S) groups is 1. The van der Waals surface area contributed by atoms with Crippen molar-refractivity contribution >= 4 is 34.9 Å². The van der Waals surface area contributed by atoms with E-state index in [1.54, 1.807) is 12.1 Å². The van der Waals surface area contributed by atoms with Crippen LogP contribution in [0, 0.1) is 0 Å². The number of carbonyl (C=O) groups excluding carboxylic acids is 1. The summed E-state index contributed by atoms with van der Waals surface area (Å²) in [7, 11) is 0. The van der Waals surface area contributed by atoms with Crippen LogP contribution >= 0.6 is 24.0 Å². The molecule has 3 N–H and O–H groups in total. The Bertz CT molecular complexity index is 480. The topological polar surface area (TPSA) is 64.3 Å². The van der Waals surface area contributed by atoms with Crippen LogP contribution in [-0.4, -0.2) is 35.1 Å². The fourth-order valence-electron chi connectivity index (χ4n) is 1.73. The van der Waals surface area contributed by atoms with Gasteiger partial charge in [-0.2, -0.15) is 11.8 Å². The zero-order chi connectivity index (χ0) is 15.7. The van der Waals surface area contributed by atoms with Gasteiger partial charge in [0.1, 0.15) is 10.7 Å². The number of para-hydroxylation sites is 1. The van der Waals surface area contributed by atoms with Crippen LogP contribution in [0.5, 0.6) is 5.75 Å². The first kappa shape index (κ1) is 17.8. The molecule has 116 valence electrons. The monoisotopic (exact) mass is 326 g/mol. The van der Waals surface area contributed by atoms with Crippen molar-refractivity contribution in [2.24, 2.45) is 5.73 Å². The van der Waals surface area contributed by atoms with Crippen molar-refractivity contribution in [3.8, 4) is 5.75 Å². The Morgan fingerprint density at radius 2 is 2.19 bits per heavy atom. The van der Waals surface area contributed by atoms with Crippen LogP contribution in [0.2, 0.25) is 0 Å². The highest BCUT2D eigenvalue weighted by Gasteiger charge is 2.10. The molecular weight excluding hydrogens is 304 g/mol. The van der Waals surface area contributed by atoms with E-state index in [9.17, 15) is 4.79 Å². The first-order valence-corrected chi connectivity index (χ1v) is 8.49. The Morgan fingerprint density at radius 1 is 1.48 bits per heavy atom. The second-order valence-electron chi connectivity index (χ2n) is 4.60. The quantitative estimate of drug-likeness (QED) is 0.539. The Balaban J connectivity index is 2.41. The molecule has 21 heavy (non-hydrogen) atoms. The molecule has 1 atom stereocenters. The number of carbonyl (C=O) groups is 1. The van der Waals surface area contributed by atoms with Crippen LogP contribution in [0.1, 0.15) is 25.8 Å². The van der Waals surface area contributed by atoms with Crippen LogP contribution in [0.3, 0.4) is 0 Å². The van der Waals surface area contributed by atoms with Gasteiger partial charge in [0.15, 0.2) is 6.61 Å². The van der Waals surface area contributed by atoms with Gasteiger partial charge in [-0.15, -0.1) is 0 Å². The number of hydrogen-bond acceptors (Lipinski definition) is 4. The Morgan fingerprint density at radius 3 is 2.86 bits per heavy atom. The van der Waals surface area contributed by atoms with Gasteiger partial charge >= 0.3 is 0 Å². The summed E-state index contributed by atoms with van der Waals surface area (Å²) >= 11 is 6.82. The molecule has 0 heterocycles. The smallest absolute Gasteiger partial charge is 0.258 e. The molecule has 1 unspecified atom stereocenters. The molecule has 1 rings (SSSR count). The van der Waals surface area contributed by atoms with E-state index in [1.807, 2.05) is 30.8 Å². The maximum absolute atomic E-state index is 11.8. The highest BCUT2D eigenvalue weighted by molar-refractivity contribution is 7.99. The molecule has 0 aliphatic rings. The number of nitrogens with two attached hydrogens (primary N) is 1. The van der Waals surface area contributed by atoms with Crippen LogP contribution in [0.15, 0.2) is 24.3 Å². The molecule has 6 heteroatoms. The van der Waals surface area contributed by atoms with Crippen molar-refractivity contribution in [1.82, 2.24) is 5.32 Å². The van der Waals surface area contributed by atoms with Crippen LogP contribution in [0.25, 0.3) is 0 Å². The van der Waals surface area contributed by atoms with E-state index in [1.165, 1.54) is 0 Å². The molecule has 0 radical (unpaired) electrons. The fraction of sp³-hybridized carbons (Fsp3) is 0.467. The standard InChI is InChI=1S/C15H22N2O2S2/c1-3-21-9-8-11(2)17-14(18)10-19-13-7-5-4-6-12(13)15(16)20/h4-7,11H,3,8-10H2,1-2H3,(H2,16,20)(H,17,18). The SMILES string of the molecule is CCSCCC(C)NC(=O)COc1ccccc1C(N)=S. The number of benzene rings is 1. The minimum Gasteiger partial charge on any atom is -0.483 e. The molecule has 1 aromatic carbocycles. The fourth-order valence-corrected chi connectivity index (χ4v) is 2.71.